The van der Waals surface area contributed by atoms with Crippen LogP contribution in [0.1, 0.15) is 183 Å². The van der Waals surface area contributed by atoms with E-state index in [1.807, 2.05) is 64.1 Å². The van der Waals surface area contributed by atoms with Crippen molar-refractivity contribution in [3.63, 3.8) is 0 Å². The number of allylic oxidation sites excluding steroid dienone is 2. The number of nitrogens with one attached hydrogen (secondary N) is 1. The minimum atomic E-state index is -2.29. The summed E-state index contributed by atoms with van der Waals surface area (Å²) in [5, 5.41) is 62.9. The Morgan fingerprint density at radius 2 is 1.60 bits per heavy atom. The molecule has 1 fully saturated rings. The zero-order valence-corrected chi connectivity index (χ0v) is 53.5. The molecular weight excluding hydrogens is 1250 g/mol. The van der Waals surface area contributed by atoms with Gasteiger partial charge < -0.3 is 60.2 Å². The third kappa shape index (κ3) is 11.7. The summed E-state index contributed by atoms with van der Waals surface area (Å²) in [4.78, 5) is 91.5. The molecule has 9 atom stereocenters. The number of amides is 1. The standard InChI is InChI=1S/C62H65N7O14.C6H6.2Mn/c1-10-29-24(3)35-18-37-26(5)31(53(66-37)49-52(61(78)81-9)58(75)46-27(6)38(67-54(46)49)20-40-30(11-2)25(4)36(65-40)19-39(29)64-35)15-16-44(71)69-68-43(23-70)62(79)21-33-48(42(22-62)83-45-17-34(63)55(72)28(7)82-45)60(77)51-50(57(33)74)56(73)32-13-12-14-41(80-8)47(32)59(51)76;1-2-4-6-5-3-1;;/h10,12-14,18-20,26,28,31,34,42,45,52,55,70,72,79H,1,11,15-17,21-23,63H2,2-9H3,(H5,64,65,66,67,69,71,73,74,75,76,77);1-6H;;/q;;2*+2/p-2/b68-43-;;;/t26-,28-,31+,34-,42-,45+,52?,55+,62-;;;/m1.../s1/i;1D;;. The van der Waals surface area contributed by atoms with Crippen LogP contribution in [0.5, 0.6) is 17.2 Å². The second-order valence-corrected chi connectivity index (χ2v) is 23.2. The number of phenolic OH excluding ortho intramolecular Hbond substituents is 2. The first-order valence-corrected chi connectivity index (χ1v) is 29.4. The number of aliphatic hydroxyl groups excluding tert-OH is 2. The molecule has 472 valence electrons. The van der Waals surface area contributed by atoms with Crippen LogP contribution in [0, 0.1) is 13.8 Å². The number of benzene rings is 3. The van der Waals surface area contributed by atoms with Crippen LogP contribution in [0.25, 0.3) is 39.3 Å². The number of hydrogen-bond acceptors (Lipinski definition) is 18. The summed E-state index contributed by atoms with van der Waals surface area (Å²) in [5.41, 5.74) is 13.4. The molecule has 8 N–H and O–H groups in total. The summed E-state index contributed by atoms with van der Waals surface area (Å²) < 4.78 is 30.0. The average molecular weight is 1320 g/mol. The van der Waals surface area contributed by atoms with Crippen LogP contribution in [0.2, 0.25) is 0 Å². The predicted octanol–water partition coefficient (Wildman–Crippen LogP) is 7.89. The van der Waals surface area contributed by atoms with Gasteiger partial charge in [-0.1, -0.05) is 104 Å². The molecule has 0 saturated carbocycles. The zero-order chi connectivity index (χ0) is 64.5. The van der Waals surface area contributed by atoms with Gasteiger partial charge in [-0.05, 0) is 68.9 Å². The number of phenols is 2. The van der Waals surface area contributed by atoms with Gasteiger partial charge in [-0.3, -0.25) is 29.0 Å². The molecule has 3 aliphatic heterocycles. The van der Waals surface area contributed by atoms with Gasteiger partial charge in [0.1, 0.15) is 28.8 Å². The molecular formula is C68H69Mn2N7O14+2. The van der Waals surface area contributed by atoms with Crippen LogP contribution in [-0.2, 0) is 64.4 Å². The number of carbonyl (C=O) groups excluding carboxylic acids is 5. The van der Waals surface area contributed by atoms with Gasteiger partial charge in [0.05, 0.1) is 74.3 Å². The number of aliphatic hydroxyl groups is 3. The fraction of sp³-hybridized carbons (Fsp3) is 0.353. The number of methoxy groups -OCH3 is 2. The van der Waals surface area contributed by atoms with Crippen LogP contribution in [-0.4, -0.2) is 121 Å². The largest absolute Gasteiger partial charge is 2.00 e. The Labute approximate surface area is 546 Å². The minimum absolute atomic E-state index is 0. The fourth-order valence-electron chi connectivity index (χ4n) is 13.4. The van der Waals surface area contributed by atoms with Gasteiger partial charge in [0.15, 0.2) is 17.9 Å². The van der Waals surface area contributed by atoms with Gasteiger partial charge in [-0.2, -0.15) is 5.10 Å². The van der Waals surface area contributed by atoms with Crippen molar-refractivity contribution in [2.75, 3.05) is 20.8 Å². The number of hydrogen-bond donors (Lipinski definition) is 7. The number of Topliss-reactive ketones (excluding diaryl/α,β-unsaturated/α-hetero) is 1. The molecule has 1 unspecified atom stereocenters. The second kappa shape index (κ2) is 26.7. The first-order valence-electron chi connectivity index (χ1n) is 29.9. The first-order chi connectivity index (χ1) is 43.0. The number of esters is 1. The van der Waals surface area contributed by atoms with Crippen molar-refractivity contribution in [2.24, 2.45) is 10.8 Å². The molecule has 3 aliphatic carbocycles. The van der Waals surface area contributed by atoms with E-state index in [0.29, 0.717) is 51.7 Å². The Hall–Kier alpha value is -7.92. The predicted molar refractivity (Wildman–Crippen MR) is 330 cm³/mol. The maximum atomic E-state index is 14.6. The summed E-state index contributed by atoms with van der Waals surface area (Å²) in [7, 11) is 2.52. The number of ketones is 3. The Bertz CT molecular complexity index is 4270. The van der Waals surface area contributed by atoms with E-state index in [9.17, 15) is 49.5 Å². The van der Waals surface area contributed by atoms with E-state index in [2.05, 4.69) is 17.1 Å². The van der Waals surface area contributed by atoms with Gasteiger partial charge in [-0.25, -0.2) is 10.4 Å². The van der Waals surface area contributed by atoms with Crippen molar-refractivity contribution < 1.29 is 104 Å². The number of fused-ring (bicyclic) bond motifs is 11. The second-order valence-electron chi connectivity index (χ2n) is 23.2. The Morgan fingerprint density at radius 3 is 2.25 bits per heavy atom. The summed E-state index contributed by atoms with van der Waals surface area (Å²) in [6.07, 6.45) is -3.50. The molecule has 1 amide bonds. The van der Waals surface area contributed by atoms with E-state index < -0.39 is 131 Å². The molecule has 3 aromatic carbocycles. The Balaban J connectivity index is 0.00000104. The van der Waals surface area contributed by atoms with E-state index in [1.54, 1.807) is 32.1 Å². The molecule has 6 aliphatic rings. The number of aromatic nitrogens is 4. The average Bonchev–Trinajstić information content (AvgIpc) is 0.885. The number of nitrogens with zero attached hydrogens (tertiary/aromatic N) is 5. The molecule has 0 spiro atoms. The molecule has 2 radical (unpaired) electrons. The molecule has 1 saturated heterocycles. The van der Waals surface area contributed by atoms with Crippen LogP contribution in [0.3, 0.4) is 0 Å². The van der Waals surface area contributed by atoms with E-state index in [0.717, 1.165) is 28.0 Å². The van der Waals surface area contributed by atoms with Crippen molar-refractivity contribution in [1.82, 2.24) is 25.4 Å². The molecule has 21 nitrogen and oxygen atoms in total. The van der Waals surface area contributed by atoms with Gasteiger partial charge in [0, 0.05) is 77.2 Å². The number of nitrogens with two attached hydrogens (primary N) is 1. The number of hydrazone groups is 1. The summed E-state index contributed by atoms with van der Waals surface area (Å²) >= 11 is 0. The Morgan fingerprint density at radius 1 is 0.912 bits per heavy atom. The van der Waals surface area contributed by atoms with Crippen molar-refractivity contribution in [3.8, 4) is 17.2 Å². The van der Waals surface area contributed by atoms with Crippen LogP contribution < -0.4 is 25.9 Å². The molecule has 23 heteroatoms. The third-order valence-electron chi connectivity index (χ3n) is 18.2. The van der Waals surface area contributed by atoms with E-state index in [-0.39, 0.29) is 98.0 Å². The van der Waals surface area contributed by atoms with Crippen LogP contribution >= 0.6 is 0 Å². The zero-order valence-electron chi connectivity index (χ0n) is 52.2. The maximum absolute atomic E-state index is 14.6. The Kier molecular flexibility index (Phi) is 19.4. The van der Waals surface area contributed by atoms with Gasteiger partial charge in [-0.15, -0.1) is 22.1 Å². The molecule has 6 aromatic rings. The van der Waals surface area contributed by atoms with E-state index in [4.69, 9.17) is 46.0 Å². The third-order valence-corrected chi connectivity index (χ3v) is 18.2. The first kappa shape index (κ1) is 66.0. The smallest absolute Gasteiger partial charge is 0.657 e. The van der Waals surface area contributed by atoms with E-state index >= 15 is 0 Å². The summed E-state index contributed by atoms with van der Waals surface area (Å²) in [6, 6.07) is 18.8. The number of aryl methyl sites for hydroxylation is 2. The minimum Gasteiger partial charge on any atom is -0.657 e. The quantitative estimate of drug-likeness (QED) is 0.0153. The molecule has 8 bridgehead atoms. The monoisotopic (exact) mass is 1320 g/mol. The number of carbonyl (C=O) groups is 5. The van der Waals surface area contributed by atoms with Crippen molar-refractivity contribution in [3.05, 3.63) is 163 Å². The molecule has 91 heavy (non-hydrogen) atoms. The van der Waals surface area contributed by atoms with Crippen molar-refractivity contribution in [2.45, 2.75) is 134 Å². The van der Waals surface area contributed by atoms with Gasteiger partial charge in [0.2, 0.25) is 11.7 Å². The fourth-order valence-corrected chi connectivity index (χ4v) is 13.4. The van der Waals surface area contributed by atoms with E-state index in [1.165, 1.54) is 32.4 Å². The van der Waals surface area contributed by atoms with Crippen LogP contribution in [0.15, 0.2) is 84.5 Å². The van der Waals surface area contributed by atoms with Gasteiger partial charge in [0.25, 0.3) is 0 Å². The van der Waals surface area contributed by atoms with Gasteiger partial charge >= 0.3 is 40.1 Å². The summed E-state index contributed by atoms with van der Waals surface area (Å²) in [5.74, 6) is -7.51. The number of ether oxygens (including phenoxy) is 4. The number of rotatable bonds is 12. The number of aromatic hydroxyl groups is 2. The summed E-state index contributed by atoms with van der Waals surface area (Å²) in [6.45, 7) is 14.4. The SMILES string of the molecule is C=Cc1c(C)c2cc3nc(c4c5[n-]c(cc6nc(cc1[n-]2)C(C)=C6CC)c(C)c5C(=O)C4C(=O)OC)[C@@H](CCC(=O)N/N=C(/CO)[C@@]1(O)Cc2c(O)c4c(c(O)c2[C@H](O[C@H]2C[C@@H](N)[C@@H](O)[C@@H](C)O2)C1)C(=O)c1c(OC)cccc1C4=O)[C@H]3C.[2H]c1ccccc1.[Mn+2].[Mn+2]. The van der Waals surface area contributed by atoms with Crippen molar-refractivity contribution >= 4 is 74.2 Å². The molecule has 3 aromatic heterocycles. The molecule has 6 heterocycles. The maximum Gasteiger partial charge on any atom is 2.00 e. The normalized spacial score (nSPS) is 23.1. The van der Waals surface area contributed by atoms with Crippen LogP contribution in [0.4, 0.5) is 0 Å². The molecule has 12 rings (SSSR count). The topological polar surface area (TPSA) is 328 Å². The van der Waals surface area contributed by atoms with Crippen molar-refractivity contribution in [1.29, 1.82) is 0 Å².